The standard InChI is InChI=1S/C22H17ClN2O2/c1-2-14-10-11-20-19(12-14)25-22(27-20)15-6-5-7-16(13-15)24-21(26)17-8-3-4-9-18(17)23/h3-13H,2H2,1H3,(H,24,26). The molecule has 0 fully saturated rings. The zero-order valence-electron chi connectivity index (χ0n) is 14.7. The van der Waals surface area contributed by atoms with Crippen LogP contribution in [-0.4, -0.2) is 10.9 Å². The van der Waals surface area contributed by atoms with Gasteiger partial charge in [-0.15, -0.1) is 0 Å². The van der Waals surface area contributed by atoms with Gasteiger partial charge in [0.15, 0.2) is 5.58 Å². The normalized spacial score (nSPS) is 10.9. The summed E-state index contributed by atoms with van der Waals surface area (Å²) in [6.45, 7) is 2.10. The lowest BCUT2D eigenvalue weighted by Gasteiger charge is -2.07. The molecular formula is C22H17ClN2O2. The van der Waals surface area contributed by atoms with Gasteiger partial charge in [-0.05, 0) is 54.4 Å². The van der Waals surface area contributed by atoms with E-state index in [1.54, 1.807) is 24.3 Å². The summed E-state index contributed by atoms with van der Waals surface area (Å²) in [4.78, 5) is 17.0. The SMILES string of the molecule is CCc1ccc2oc(-c3cccc(NC(=O)c4ccccc4Cl)c3)nc2c1. The average Bonchev–Trinajstić information content (AvgIpc) is 3.11. The van der Waals surface area contributed by atoms with E-state index in [0.29, 0.717) is 22.2 Å². The summed E-state index contributed by atoms with van der Waals surface area (Å²) in [5.41, 5.74) is 4.65. The number of nitrogens with one attached hydrogen (secondary N) is 1. The van der Waals surface area contributed by atoms with Gasteiger partial charge in [-0.2, -0.15) is 0 Å². The molecule has 0 unspecified atom stereocenters. The molecule has 0 aliphatic rings. The van der Waals surface area contributed by atoms with Crippen molar-refractivity contribution in [2.75, 3.05) is 5.32 Å². The fraction of sp³-hybridized carbons (Fsp3) is 0.0909. The minimum absolute atomic E-state index is 0.261. The molecule has 1 amide bonds. The van der Waals surface area contributed by atoms with Crippen molar-refractivity contribution in [2.24, 2.45) is 0 Å². The fourth-order valence-electron chi connectivity index (χ4n) is 2.89. The van der Waals surface area contributed by atoms with Gasteiger partial charge >= 0.3 is 0 Å². The highest BCUT2D eigenvalue weighted by Gasteiger charge is 2.12. The van der Waals surface area contributed by atoms with Crippen LogP contribution in [0.1, 0.15) is 22.8 Å². The van der Waals surface area contributed by atoms with Crippen LogP contribution >= 0.6 is 11.6 Å². The summed E-state index contributed by atoms with van der Waals surface area (Å²) in [5, 5.41) is 3.28. The van der Waals surface area contributed by atoms with E-state index in [4.69, 9.17) is 16.0 Å². The minimum atomic E-state index is -0.261. The molecular weight excluding hydrogens is 360 g/mol. The molecule has 0 saturated heterocycles. The van der Waals surface area contributed by atoms with Crippen LogP contribution in [0.5, 0.6) is 0 Å². The number of aromatic nitrogens is 1. The number of hydrogen-bond donors (Lipinski definition) is 1. The van der Waals surface area contributed by atoms with E-state index in [1.165, 1.54) is 5.56 Å². The number of benzene rings is 3. The molecule has 4 nitrogen and oxygen atoms in total. The van der Waals surface area contributed by atoms with Gasteiger partial charge in [0, 0.05) is 11.3 Å². The monoisotopic (exact) mass is 376 g/mol. The first-order valence-corrected chi connectivity index (χ1v) is 9.07. The molecule has 1 heterocycles. The Labute approximate surface area is 161 Å². The van der Waals surface area contributed by atoms with Crippen LogP contribution < -0.4 is 5.32 Å². The maximum atomic E-state index is 12.5. The smallest absolute Gasteiger partial charge is 0.257 e. The average molecular weight is 377 g/mol. The first-order valence-electron chi connectivity index (χ1n) is 8.70. The number of anilines is 1. The first-order chi connectivity index (χ1) is 13.1. The number of amides is 1. The van der Waals surface area contributed by atoms with Gasteiger partial charge in [0.2, 0.25) is 5.89 Å². The highest BCUT2D eigenvalue weighted by atomic mass is 35.5. The molecule has 1 N–H and O–H groups in total. The Morgan fingerprint density at radius 2 is 1.93 bits per heavy atom. The van der Waals surface area contributed by atoms with Gasteiger partial charge in [-0.1, -0.05) is 42.8 Å². The van der Waals surface area contributed by atoms with Crippen LogP contribution in [0, 0.1) is 0 Å². The summed E-state index contributed by atoms with van der Waals surface area (Å²) in [6, 6.07) is 20.4. The Morgan fingerprint density at radius 3 is 2.74 bits per heavy atom. The molecule has 4 aromatic rings. The largest absolute Gasteiger partial charge is 0.436 e. The second-order valence-electron chi connectivity index (χ2n) is 6.19. The molecule has 5 heteroatoms. The fourth-order valence-corrected chi connectivity index (χ4v) is 3.11. The predicted molar refractivity (Wildman–Crippen MR) is 108 cm³/mol. The number of halogens is 1. The van der Waals surface area contributed by atoms with E-state index in [-0.39, 0.29) is 5.91 Å². The van der Waals surface area contributed by atoms with Crippen LogP contribution in [0.2, 0.25) is 5.02 Å². The van der Waals surface area contributed by atoms with E-state index < -0.39 is 0 Å². The molecule has 0 radical (unpaired) electrons. The Bertz CT molecular complexity index is 1130. The molecule has 4 rings (SSSR count). The summed E-state index contributed by atoms with van der Waals surface area (Å²) in [7, 11) is 0. The number of carbonyl (C=O) groups is 1. The summed E-state index contributed by atoms with van der Waals surface area (Å²) >= 11 is 6.10. The molecule has 1 aromatic heterocycles. The maximum Gasteiger partial charge on any atom is 0.257 e. The van der Waals surface area contributed by atoms with Gasteiger partial charge in [0.25, 0.3) is 5.91 Å². The Hall–Kier alpha value is -3.11. The van der Waals surface area contributed by atoms with E-state index in [0.717, 1.165) is 23.1 Å². The topological polar surface area (TPSA) is 55.1 Å². The van der Waals surface area contributed by atoms with E-state index in [2.05, 4.69) is 17.2 Å². The second-order valence-corrected chi connectivity index (χ2v) is 6.60. The van der Waals surface area contributed by atoms with E-state index >= 15 is 0 Å². The van der Waals surface area contributed by atoms with Crippen molar-refractivity contribution in [3.63, 3.8) is 0 Å². The van der Waals surface area contributed by atoms with Crippen LogP contribution in [0.3, 0.4) is 0 Å². The lowest BCUT2D eigenvalue weighted by Crippen LogP contribution is -2.12. The van der Waals surface area contributed by atoms with Crippen molar-refractivity contribution in [1.29, 1.82) is 0 Å². The molecule has 0 atom stereocenters. The molecule has 0 bridgehead atoms. The van der Waals surface area contributed by atoms with Gasteiger partial charge < -0.3 is 9.73 Å². The van der Waals surface area contributed by atoms with Crippen molar-refractivity contribution < 1.29 is 9.21 Å². The Balaban J connectivity index is 1.63. The molecule has 134 valence electrons. The Morgan fingerprint density at radius 1 is 1.07 bits per heavy atom. The summed E-state index contributed by atoms with van der Waals surface area (Å²) in [6.07, 6.45) is 0.946. The van der Waals surface area contributed by atoms with Crippen LogP contribution in [0.4, 0.5) is 5.69 Å². The number of oxazole rings is 1. The van der Waals surface area contributed by atoms with Crippen molar-refractivity contribution in [2.45, 2.75) is 13.3 Å². The second kappa shape index (κ2) is 7.25. The third-order valence-electron chi connectivity index (χ3n) is 4.35. The molecule has 3 aromatic carbocycles. The van der Waals surface area contributed by atoms with Crippen LogP contribution in [-0.2, 0) is 6.42 Å². The Kier molecular flexibility index (Phi) is 4.65. The quantitative estimate of drug-likeness (QED) is 0.478. The lowest BCUT2D eigenvalue weighted by atomic mass is 10.1. The van der Waals surface area contributed by atoms with E-state index in [9.17, 15) is 4.79 Å². The van der Waals surface area contributed by atoms with Crippen molar-refractivity contribution in [3.05, 3.63) is 82.9 Å². The predicted octanol–water partition coefficient (Wildman–Crippen LogP) is 5.96. The van der Waals surface area contributed by atoms with Crippen molar-refractivity contribution in [3.8, 4) is 11.5 Å². The van der Waals surface area contributed by atoms with Gasteiger partial charge in [0.1, 0.15) is 5.52 Å². The number of hydrogen-bond acceptors (Lipinski definition) is 3. The molecule has 0 aliphatic carbocycles. The number of aryl methyl sites for hydroxylation is 1. The third kappa shape index (κ3) is 3.57. The van der Waals surface area contributed by atoms with Gasteiger partial charge in [-0.3, -0.25) is 4.79 Å². The third-order valence-corrected chi connectivity index (χ3v) is 4.68. The van der Waals surface area contributed by atoms with Gasteiger partial charge in [0.05, 0.1) is 10.6 Å². The number of fused-ring (bicyclic) bond motifs is 1. The number of carbonyl (C=O) groups excluding carboxylic acids is 1. The van der Waals surface area contributed by atoms with Crippen LogP contribution in [0.15, 0.2) is 71.1 Å². The summed E-state index contributed by atoms with van der Waals surface area (Å²) in [5.74, 6) is 0.259. The van der Waals surface area contributed by atoms with Crippen LogP contribution in [0.25, 0.3) is 22.6 Å². The molecule has 0 spiro atoms. The highest BCUT2D eigenvalue weighted by Crippen LogP contribution is 2.27. The number of rotatable bonds is 4. The summed E-state index contributed by atoms with van der Waals surface area (Å²) < 4.78 is 5.87. The highest BCUT2D eigenvalue weighted by molar-refractivity contribution is 6.34. The van der Waals surface area contributed by atoms with Crippen molar-refractivity contribution in [1.82, 2.24) is 4.98 Å². The molecule has 27 heavy (non-hydrogen) atoms. The zero-order chi connectivity index (χ0) is 18.8. The number of nitrogens with zero attached hydrogens (tertiary/aromatic N) is 1. The zero-order valence-corrected chi connectivity index (χ0v) is 15.5. The molecule has 0 saturated carbocycles. The lowest BCUT2D eigenvalue weighted by molar-refractivity contribution is 0.102. The van der Waals surface area contributed by atoms with E-state index in [1.807, 2.05) is 42.5 Å². The molecule has 0 aliphatic heterocycles. The first kappa shape index (κ1) is 17.3. The van der Waals surface area contributed by atoms with Gasteiger partial charge in [-0.25, -0.2) is 4.98 Å². The maximum absolute atomic E-state index is 12.5. The minimum Gasteiger partial charge on any atom is -0.436 e. The van der Waals surface area contributed by atoms with Crippen molar-refractivity contribution >= 4 is 34.3 Å².